The van der Waals surface area contributed by atoms with Gasteiger partial charge in [-0.25, -0.2) is 4.39 Å². The molecule has 1 amide bonds. The highest BCUT2D eigenvalue weighted by Crippen LogP contribution is 2.32. The van der Waals surface area contributed by atoms with Crippen LogP contribution in [0.25, 0.3) is 0 Å². The molecular weight excluding hydrogens is 514 g/mol. The van der Waals surface area contributed by atoms with Gasteiger partial charge in [-0.3, -0.25) is 9.59 Å². The van der Waals surface area contributed by atoms with E-state index in [4.69, 9.17) is 21.4 Å². The van der Waals surface area contributed by atoms with Crippen LogP contribution in [0.15, 0.2) is 54.6 Å². The second-order valence-corrected chi connectivity index (χ2v) is 8.68. The van der Waals surface area contributed by atoms with Crippen molar-refractivity contribution in [1.82, 2.24) is 5.32 Å². The summed E-state index contributed by atoms with van der Waals surface area (Å²) in [6.45, 7) is 2.02. The van der Waals surface area contributed by atoms with Crippen molar-refractivity contribution in [3.63, 3.8) is 0 Å². The van der Waals surface area contributed by atoms with E-state index in [9.17, 15) is 27.2 Å². The van der Waals surface area contributed by atoms with Crippen LogP contribution in [0, 0.1) is 5.82 Å². The number of aliphatic carboxylic acids is 1. The fraction of sp³-hybridized carbons (Fsp3) is 0.259. The number of halogens is 5. The monoisotopic (exact) mass is 537 g/mol. The minimum Gasteiger partial charge on any atom is -0.481 e. The summed E-state index contributed by atoms with van der Waals surface area (Å²) in [5, 5.41) is 11.2. The number of alkyl halides is 3. The van der Waals surface area contributed by atoms with Gasteiger partial charge in [0.2, 0.25) is 0 Å². The number of benzene rings is 3. The summed E-state index contributed by atoms with van der Waals surface area (Å²) in [6, 6.07) is 11.9. The van der Waals surface area contributed by atoms with E-state index < -0.39 is 29.4 Å². The summed E-state index contributed by atoms with van der Waals surface area (Å²) in [5.41, 5.74) is 1.31. The molecule has 37 heavy (non-hydrogen) atoms. The predicted molar refractivity (Wildman–Crippen MR) is 131 cm³/mol. The molecule has 0 aliphatic carbocycles. The summed E-state index contributed by atoms with van der Waals surface area (Å²) in [7, 11) is 0. The van der Waals surface area contributed by atoms with Crippen molar-refractivity contribution in [2.75, 3.05) is 6.54 Å². The van der Waals surface area contributed by atoms with E-state index >= 15 is 0 Å². The van der Waals surface area contributed by atoms with Gasteiger partial charge in [-0.05, 0) is 78.4 Å². The lowest BCUT2D eigenvalue weighted by Gasteiger charge is -2.13. The quantitative estimate of drug-likeness (QED) is 0.278. The number of amides is 1. The molecule has 0 unspecified atom stereocenters. The van der Waals surface area contributed by atoms with Gasteiger partial charge in [-0.2, -0.15) is 13.2 Å². The van der Waals surface area contributed by atoms with E-state index in [1.165, 1.54) is 12.1 Å². The van der Waals surface area contributed by atoms with Crippen LogP contribution in [0.2, 0.25) is 5.02 Å². The Hall–Kier alpha value is -3.59. The number of carbonyl (C=O) groups is 2. The second kappa shape index (κ2) is 12.1. The minimum absolute atomic E-state index is 0.0159. The lowest BCUT2D eigenvalue weighted by molar-refractivity contribution is -0.138. The molecule has 196 valence electrons. The maximum atomic E-state index is 14.2. The Morgan fingerprint density at radius 1 is 0.973 bits per heavy atom. The Morgan fingerprint density at radius 2 is 1.73 bits per heavy atom. The van der Waals surface area contributed by atoms with Crippen molar-refractivity contribution in [3.8, 4) is 11.5 Å². The molecule has 0 aromatic heterocycles. The van der Waals surface area contributed by atoms with E-state index in [0.29, 0.717) is 30.2 Å². The summed E-state index contributed by atoms with van der Waals surface area (Å²) >= 11 is 5.85. The van der Waals surface area contributed by atoms with Crippen molar-refractivity contribution in [1.29, 1.82) is 0 Å². The molecule has 0 aliphatic rings. The SMILES string of the molecule is CCc1cc(Oc2cc(F)cc(CCNC(=O)c3ccc(C(F)(F)F)cc3Cl)c2)ccc1CCC(=O)O. The normalized spacial score (nSPS) is 11.3. The Bertz CT molecular complexity index is 1290. The van der Waals surface area contributed by atoms with Gasteiger partial charge in [0.15, 0.2) is 0 Å². The first-order chi connectivity index (χ1) is 17.5. The maximum Gasteiger partial charge on any atom is 0.416 e. The molecule has 3 aromatic carbocycles. The van der Waals surface area contributed by atoms with Crippen LogP contribution in [0.1, 0.15) is 46.0 Å². The first kappa shape index (κ1) is 28.0. The fourth-order valence-electron chi connectivity index (χ4n) is 3.73. The number of hydrogen-bond donors (Lipinski definition) is 2. The zero-order valence-electron chi connectivity index (χ0n) is 19.8. The number of carboxylic acids is 1. The Morgan fingerprint density at radius 3 is 2.38 bits per heavy atom. The molecule has 0 fully saturated rings. The lowest BCUT2D eigenvalue weighted by atomic mass is 10.0. The lowest BCUT2D eigenvalue weighted by Crippen LogP contribution is -2.26. The molecule has 0 heterocycles. The van der Waals surface area contributed by atoms with Gasteiger partial charge >= 0.3 is 12.1 Å². The highest BCUT2D eigenvalue weighted by Gasteiger charge is 2.31. The number of hydrogen-bond acceptors (Lipinski definition) is 3. The van der Waals surface area contributed by atoms with Crippen molar-refractivity contribution >= 4 is 23.5 Å². The smallest absolute Gasteiger partial charge is 0.416 e. The third kappa shape index (κ3) is 7.95. The van der Waals surface area contributed by atoms with Gasteiger partial charge in [0.1, 0.15) is 17.3 Å². The van der Waals surface area contributed by atoms with E-state index in [2.05, 4.69) is 5.32 Å². The van der Waals surface area contributed by atoms with E-state index in [-0.39, 0.29) is 35.7 Å². The maximum absolute atomic E-state index is 14.2. The molecule has 5 nitrogen and oxygen atoms in total. The van der Waals surface area contributed by atoms with Gasteiger partial charge < -0.3 is 15.2 Å². The average molecular weight is 538 g/mol. The summed E-state index contributed by atoms with van der Waals surface area (Å²) < 4.78 is 58.4. The number of carbonyl (C=O) groups excluding carboxylic acids is 1. The van der Waals surface area contributed by atoms with Gasteiger partial charge in [-0.15, -0.1) is 0 Å². The van der Waals surface area contributed by atoms with E-state index in [0.717, 1.165) is 23.3 Å². The number of rotatable bonds is 10. The van der Waals surface area contributed by atoms with Crippen molar-refractivity contribution in [3.05, 3.63) is 93.3 Å². The van der Waals surface area contributed by atoms with Crippen molar-refractivity contribution in [2.24, 2.45) is 0 Å². The molecular formula is C27H24ClF4NO4. The van der Waals surface area contributed by atoms with Crippen LogP contribution in [-0.4, -0.2) is 23.5 Å². The second-order valence-electron chi connectivity index (χ2n) is 8.27. The summed E-state index contributed by atoms with van der Waals surface area (Å²) in [5.74, 6) is -1.36. The van der Waals surface area contributed by atoms with Crippen LogP contribution in [-0.2, 0) is 30.2 Å². The molecule has 10 heteroatoms. The van der Waals surface area contributed by atoms with Crippen LogP contribution >= 0.6 is 11.6 Å². The van der Waals surface area contributed by atoms with Crippen LogP contribution in [0.4, 0.5) is 17.6 Å². The molecule has 0 saturated carbocycles. The first-order valence-electron chi connectivity index (χ1n) is 11.4. The Labute approximate surface area is 216 Å². The number of carboxylic acid groups (broad SMARTS) is 1. The van der Waals surface area contributed by atoms with Crippen LogP contribution in [0.3, 0.4) is 0 Å². The Kier molecular flexibility index (Phi) is 9.15. The first-order valence-corrected chi connectivity index (χ1v) is 11.8. The minimum atomic E-state index is -4.57. The molecule has 0 spiro atoms. The summed E-state index contributed by atoms with van der Waals surface area (Å²) in [4.78, 5) is 23.2. The van der Waals surface area contributed by atoms with Gasteiger partial charge in [0, 0.05) is 19.0 Å². The van der Waals surface area contributed by atoms with Gasteiger partial charge in [-0.1, -0.05) is 24.6 Å². The third-order valence-electron chi connectivity index (χ3n) is 5.57. The molecule has 2 N–H and O–H groups in total. The number of aryl methyl sites for hydroxylation is 2. The largest absolute Gasteiger partial charge is 0.481 e. The zero-order valence-corrected chi connectivity index (χ0v) is 20.5. The van der Waals surface area contributed by atoms with Crippen molar-refractivity contribution < 1.29 is 37.0 Å². The standard InChI is InChI=1S/C27H24ClF4NO4/c1-2-17-13-21(6-3-18(17)4-8-25(34)35)37-22-12-16(11-20(29)15-22)9-10-33-26(36)23-7-5-19(14-24(23)28)27(30,31)32/h3,5-7,11-15H,2,4,8-10H2,1H3,(H,33,36)(H,34,35). The van der Waals surface area contributed by atoms with Crippen LogP contribution < -0.4 is 10.1 Å². The van der Waals surface area contributed by atoms with E-state index in [1.54, 1.807) is 24.3 Å². The zero-order chi connectivity index (χ0) is 27.2. The third-order valence-corrected chi connectivity index (χ3v) is 5.89. The molecule has 0 atom stereocenters. The summed E-state index contributed by atoms with van der Waals surface area (Å²) in [6.07, 6.45) is -3.26. The number of nitrogens with one attached hydrogen (secondary N) is 1. The molecule has 3 rings (SSSR count). The fourth-order valence-corrected chi connectivity index (χ4v) is 4.00. The molecule has 3 aromatic rings. The molecule has 0 saturated heterocycles. The van der Waals surface area contributed by atoms with Crippen molar-refractivity contribution in [2.45, 2.75) is 38.8 Å². The van der Waals surface area contributed by atoms with Crippen LogP contribution in [0.5, 0.6) is 11.5 Å². The molecule has 0 radical (unpaired) electrons. The highest BCUT2D eigenvalue weighted by atomic mass is 35.5. The average Bonchev–Trinajstić information content (AvgIpc) is 2.82. The van der Waals surface area contributed by atoms with E-state index in [1.807, 2.05) is 6.92 Å². The topological polar surface area (TPSA) is 75.6 Å². The number of ether oxygens (including phenoxy) is 1. The molecule has 0 aliphatic heterocycles. The van der Waals surface area contributed by atoms with Gasteiger partial charge in [0.05, 0.1) is 16.1 Å². The highest BCUT2D eigenvalue weighted by molar-refractivity contribution is 6.33. The predicted octanol–water partition coefficient (Wildman–Crippen LogP) is 6.84. The Balaban J connectivity index is 1.64. The van der Waals surface area contributed by atoms with Gasteiger partial charge in [0.25, 0.3) is 5.91 Å². The molecule has 0 bridgehead atoms.